The number of carbonyl (C=O) groups is 1. The third-order valence-electron chi connectivity index (χ3n) is 4.82. The predicted octanol–water partition coefficient (Wildman–Crippen LogP) is 2.56. The molecule has 1 atom stereocenters. The Bertz CT molecular complexity index is 540. The van der Waals surface area contributed by atoms with Crippen molar-refractivity contribution in [3.8, 4) is 0 Å². The number of hydrogen-bond acceptors (Lipinski definition) is 4. The van der Waals surface area contributed by atoms with Crippen molar-refractivity contribution in [2.24, 2.45) is 5.92 Å². The Balaban J connectivity index is 1.97. The average molecular weight is 275 g/mol. The first-order valence-electron chi connectivity index (χ1n) is 7.43. The largest absolute Gasteiger partial charge is 0.475 e. The zero-order valence-corrected chi connectivity index (χ0v) is 12.1. The third kappa shape index (κ3) is 2.15. The Labute approximate surface area is 119 Å². The van der Waals surface area contributed by atoms with Crippen molar-refractivity contribution in [2.45, 2.75) is 52.0 Å². The van der Waals surface area contributed by atoms with Gasteiger partial charge in [0.25, 0.3) is 0 Å². The van der Waals surface area contributed by atoms with E-state index >= 15 is 0 Å². The average Bonchev–Trinajstić information content (AvgIpc) is 2.79. The lowest BCUT2D eigenvalue weighted by molar-refractivity contribution is 0.0683. The van der Waals surface area contributed by atoms with E-state index in [1.165, 1.54) is 32.1 Å². The van der Waals surface area contributed by atoms with Crippen LogP contribution in [-0.2, 0) is 0 Å². The smallest absolute Gasteiger partial charge is 0.374 e. The second-order valence-electron chi connectivity index (χ2n) is 5.98. The van der Waals surface area contributed by atoms with Crippen LogP contribution in [0.4, 0.5) is 5.82 Å². The number of carboxylic acid groups (broad SMARTS) is 1. The zero-order chi connectivity index (χ0) is 14.3. The minimum atomic E-state index is -1.05. The standard InChI is InChI=1S/C15H21N3O2/c1-9-10(2)16-13(15(19)20)17-14(9)18-8-4-7-12(18)11-5-3-6-11/h11-12H,3-8H2,1-2H3,(H,19,20)/t12-/m1/s1. The molecule has 2 aliphatic rings. The van der Waals surface area contributed by atoms with Gasteiger partial charge in [0, 0.05) is 23.8 Å². The van der Waals surface area contributed by atoms with Crippen LogP contribution in [0.1, 0.15) is 54.0 Å². The van der Waals surface area contributed by atoms with Gasteiger partial charge in [-0.3, -0.25) is 0 Å². The van der Waals surface area contributed by atoms with Gasteiger partial charge in [0.2, 0.25) is 5.82 Å². The lowest BCUT2D eigenvalue weighted by Gasteiger charge is -2.38. The molecule has 1 aromatic heterocycles. The van der Waals surface area contributed by atoms with Crippen molar-refractivity contribution >= 4 is 11.8 Å². The van der Waals surface area contributed by atoms with Crippen molar-refractivity contribution < 1.29 is 9.90 Å². The van der Waals surface area contributed by atoms with E-state index in [9.17, 15) is 4.79 Å². The molecule has 5 nitrogen and oxygen atoms in total. The number of aromatic carboxylic acids is 1. The van der Waals surface area contributed by atoms with Gasteiger partial charge >= 0.3 is 5.97 Å². The number of anilines is 1. The number of nitrogens with zero attached hydrogens (tertiary/aromatic N) is 3. The van der Waals surface area contributed by atoms with Gasteiger partial charge in [0.15, 0.2) is 0 Å². The number of aromatic nitrogens is 2. The van der Waals surface area contributed by atoms with E-state index in [1.54, 1.807) is 0 Å². The summed E-state index contributed by atoms with van der Waals surface area (Å²) in [5.41, 5.74) is 1.79. The summed E-state index contributed by atoms with van der Waals surface area (Å²) in [4.78, 5) is 21.9. The molecule has 3 rings (SSSR count). The first-order chi connectivity index (χ1) is 9.58. The van der Waals surface area contributed by atoms with E-state index in [1.807, 2.05) is 13.8 Å². The second-order valence-corrected chi connectivity index (χ2v) is 5.98. The lowest BCUT2D eigenvalue weighted by atomic mass is 9.79. The van der Waals surface area contributed by atoms with E-state index in [-0.39, 0.29) is 5.82 Å². The van der Waals surface area contributed by atoms with Crippen LogP contribution in [0.2, 0.25) is 0 Å². The topological polar surface area (TPSA) is 66.3 Å². The van der Waals surface area contributed by atoms with E-state index in [2.05, 4.69) is 14.9 Å². The van der Waals surface area contributed by atoms with Crippen molar-refractivity contribution in [3.05, 3.63) is 17.1 Å². The second kappa shape index (κ2) is 5.04. The van der Waals surface area contributed by atoms with Crippen molar-refractivity contribution in [1.29, 1.82) is 0 Å². The maximum atomic E-state index is 11.2. The van der Waals surface area contributed by atoms with Crippen LogP contribution in [0.5, 0.6) is 0 Å². The van der Waals surface area contributed by atoms with Crippen LogP contribution in [0, 0.1) is 19.8 Å². The summed E-state index contributed by atoms with van der Waals surface area (Å²) in [7, 11) is 0. The number of carboxylic acids is 1. The van der Waals surface area contributed by atoms with Crippen molar-refractivity contribution in [1.82, 2.24) is 9.97 Å². The first-order valence-corrected chi connectivity index (χ1v) is 7.43. The van der Waals surface area contributed by atoms with Gasteiger partial charge in [-0.25, -0.2) is 14.8 Å². The highest BCUT2D eigenvalue weighted by atomic mass is 16.4. The molecule has 108 valence electrons. The summed E-state index contributed by atoms with van der Waals surface area (Å²) in [6, 6.07) is 0.540. The highest BCUT2D eigenvalue weighted by Gasteiger charge is 2.36. The normalized spacial score (nSPS) is 22.9. The summed E-state index contributed by atoms with van der Waals surface area (Å²) in [6.07, 6.45) is 6.31. The van der Waals surface area contributed by atoms with Crippen LogP contribution in [0.3, 0.4) is 0 Å². The van der Waals surface area contributed by atoms with Gasteiger partial charge in [-0.1, -0.05) is 6.42 Å². The summed E-state index contributed by atoms with van der Waals surface area (Å²) in [5.74, 6) is 0.473. The molecule has 1 aromatic rings. The van der Waals surface area contributed by atoms with E-state index in [0.29, 0.717) is 6.04 Å². The summed E-state index contributed by atoms with van der Waals surface area (Å²) in [6.45, 7) is 4.84. The Kier molecular flexibility index (Phi) is 3.36. The maximum absolute atomic E-state index is 11.2. The molecule has 1 saturated carbocycles. The predicted molar refractivity (Wildman–Crippen MR) is 76.2 cm³/mol. The highest BCUT2D eigenvalue weighted by Crippen LogP contribution is 2.39. The monoisotopic (exact) mass is 275 g/mol. The molecule has 2 fully saturated rings. The minimum Gasteiger partial charge on any atom is -0.475 e. The highest BCUT2D eigenvalue weighted by molar-refractivity contribution is 5.83. The number of rotatable bonds is 3. The molecular weight excluding hydrogens is 254 g/mol. The van der Waals surface area contributed by atoms with Gasteiger partial charge in [-0.05, 0) is 45.4 Å². The molecule has 1 saturated heterocycles. The minimum absolute atomic E-state index is 0.0811. The Morgan fingerprint density at radius 3 is 2.55 bits per heavy atom. The number of aryl methyl sites for hydroxylation is 1. The molecule has 0 amide bonds. The fourth-order valence-electron chi connectivity index (χ4n) is 3.36. The van der Waals surface area contributed by atoms with Gasteiger partial charge < -0.3 is 10.0 Å². The lowest BCUT2D eigenvalue weighted by Crippen LogP contribution is -2.40. The molecule has 0 bridgehead atoms. The molecule has 0 unspecified atom stereocenters. The van der Waals surface area contributed by atoms with Gasteiger partial charge in [-0.15, -0.1) is 0 Å². The van der Waals surface area contributed by atoms with Gasteiger partial charge in [-0.2, -0.15) is 0 Å². The van der Waals surface area contributed by atoms with Crippen LogP contribution in [0.15, 0.2) is 0 Å². The molecule has 0 spiro atoms. The van der Waals surface area contributed by atoms with E-state index in [0.717, 1.165) is 29.5 Å². The summed E-state index contributed by atoms with van der Waals surface area (Å²) < 4.78 is 0. The quantitative estimate of drug-likeness (QED) is 0.918. The Hall–Kier alpha value is -1.65. The Morgan fingerprint density at radius 1 is 1.20 bits per heavy atom. The molecule has 0 aromatic carbocycles. The molecule has 5 heteroatoms. The van der Waals surface area contributed by atoms with Gasteiger partial charge in [0.1, 0.15) is 5.82 Å². The van der Waals surface area contributed by atoms with E-state index < -0.39 is 5.97 Å². The fraction of sp³-hybridized carbons (Fsp3) is 0.667. The zero-order valence-electron chi connectivity index (χ0n) is 12.1. The van der Waals surface area contributed by atoms with Gasteiger partial charge in [0.05, 0.1) is 0 Å². The van der Waals surface area contributed by atoms with Crippen LogP contribution in [0.25, 0.3) is 0 Å². The molecule has 1 N–H and O–H groups in total. The van der Waals surface area contributed by atoms with Crippen LogP contribution < -0.4 is 4.90 Å². The van der Waals surface area contributed by atoms with Crippen molar-refractivity contribution in [3.63, 3.8) is 0 Å². The molecule has 1 aliphatic carbocycles. The Morgan fingerprint density at radius 2 is 1.95 bits per heavy atom. The molecule has 1 aliphatic heterocycles. The molecule has 2 heterocycles. The molecular formula is C15H21N3O2. The summed E-state index contributed by atoms with van der Waals surface area (Å²) >= 11 is 0. The molecule has 20 heavy (non-hydrogen) atoms. The molecule has 0 radical (unpaired) electrons. The first kappa shape index (κ1) is 13.3. The van der Waals surface area contributed by atoms with Crippen molar-refractivity contribution in [2.75, 3.05) is 11.4 Å². The van der Waals surface area contributed by atoms with E-state index in [4.69, 9.17) is 5.11 Å². The van der Waals surface area contributed by atoms with Crippen LogP contribution >= 0.6 is 0 Å². The third-order valence-corrected chi connectivity index (χ3v) is 4.82. The maximum Gasteiger partial charge on any atom is 0.374 e. The SMILES string of the molecule is Cc1nc(C(=O)O)nc(N2CCC[C@@H]2C2CCC2)c1C. The number of hydrogen-bond donors (Lipinski definition) is 1. The summed E-state index contributed by atoms with van der Waals surface area (Å²) in [5, 5.41) is 9.16. The fourth-order valence-corrected chi connectivity index (χ4v) is 3.36. The van der Waals surface area contributed by atoms with Crippen LogP contribution in [-0.4, -0.2) is 33.6 Å².